The number of amides is 1. The van der Waals surface area contributed by atoms with Crippen molar-refractivity contribution in [2.75, 3.05) is 6.61 Å². The number of aliphatic hydroxyl groups is 1. The number of hydrogen-bond acceptors (Lipinski definition) is 4. The van der Waals surface area contributed by atoms with Crippen molar-refractivity contribution in [3.8, 4) is 0 Å². The molecule has 1 aliphatic rings. The van der Waals surface area contributed by atoms with E-state index in [1.54, 1.807) is 0 Å². The van der Waals surface area contributed by atoms with Gasteiger partial charge in [-0.2, -0.15) is 0 Å². The van der Waals surface area contributed by atoms with Crippen LogP contribution in [-0.4, -0.2) is 28.6 Å². The molecule has 21 heavy (non-hydrogen) atoms. The van der Waals surface area contributed by atoms with E-state index in [9.17, 15) is 20.0 Å². The van der Waals surface area contributed by atoms with Gasteiger partial charge in [-0.05, 0) is 25.0 Å². The summed E-state index contributed by atoms with van der Waals surface area (Å²) in [6.07, 6.45) is 3.80. The van der Waals surface area contributed by atoms with E-state index in [1.807, 2.05) is 0 Å². The number of nitro benzene ring substituents is 1. The van der Waals surface area contributed by atoms with Crippen LogP contribution in [0.3, 0.4) is 0 Å². The van der Waals surface area contributed by atoms with Crippen LogP contribution < -0.4 is 5.32 Å². The van der Waals surface area contributed by atoms with Gasteiger partial charge in [-0.25, -0.2) is 0 Å². The summed E-state index contributed by atoms with van der Waals surface area (Å²) in [4.78, 5) is 22.3. The van der Waals surface area contributed by atoms with Gasteiger partial charge in [0.15, 0.2) is 0 Å². The third-order valence-electron chi connectivity index (χ3n) is 3.87. The van der Waals surface area contributed by atoms with Crippen LogP contribution >= 0.6 is 11.6 Å². The largest absolute Gasteiger partial charge is 0.396 e. The van der Waals surface area contributed by atoms with E-state index in [1.165, 1.54) is 18.2 Å². The molecule has 0 spiro atoms. The van der Waals surface area contributed by atoms with Crippen molar-refractivity contribution in [1.82, 2.24) is 5.32 Å². The lowest BCUT2D eigenvalue weighted by Gasteiger charge is -2.30. The molecule has 0 saturated heterocycles. The summed E-state index contributed by atoms with van der Waals surface area (Å²) >= 11 is 5.81. The van der Waals surface area contributed by atoms with E-state index in [4.69, 9.17) is 11.6 Å². The summed E-state index contributed by atoms with van der Waals surface area (Å²) in [5, 5.41) is 22.9. The van der Waals surface area contributed by atoms with Gasteiger partial charge >= 0.3 is 0 Å². The summed E-state index contributed by atoms with van der Waals surface area (Å²) in [5.41, 5.74) is 0.0620. The first-order valence-corrected chi connectivity index (χ1v) is 7.26. The van der Waals surface area contributed by atoms with Crippen molar-refractivity contribution in [1.29, 1.82) is 0 Å². The van der Waals surface area contributed by atoms with E-state index in [0.717, 1.165) is 25.7 Å². The first-order valence-electron chi connectivity index (χ1n) is 6.88. The van der Waals surface area contributed by atoms with Crippen molar-refractivity contribution >= 4 is 23.2 Å². The summed E-state index contributed by atoms with van der Waals surface area (Å²) in [5.74, 6) is -0.256. The molecule has 6 nitrogen and oxygen atoms in total. The van der Waals surface area contributed by atoms with E-state index in [-0.39, 0.29) is 40.7 Å². The maximum atomic E-state index is 12.2. The summed E-state index contributed by atoms with van der Waals surface area (Å²) < 4.78 is 0. The predicted molar refractivity (Wildman–Crippen MR) is 78.4 cm³/mol. The van der Waals surface area contributed by atoms with Crippen LogP contribution in [-0.2, 0) is 0 Å². The van der Waals surface area contributed by atoms with Crippen LogP contribution in [0.5, 0.6) is 0 Å². The molecular weight excluding hydrogens is 296 g/mol. The summed E-state index contributed by atoms with van der Waals surface area (Å²) in [6.45, 7) is 0.0476. The molecule has 2 N–H and O–H groups in total. The quantitative estimate of drug-likeness (QED) is 0.660. The highest BCUT2D eigenvalue weighted by Gasteiger charge is 2.26. The smallest absolute Gasteiger partial charge is 0.287 e. The molecule has 1 saturated carbocycles. The minimum absolute atomic E-state index is 0.0476. The van der Waals surface area contributed by atoms with Gasteiger partial charge in [0.25, 0.3) is 11.6 Å². The summed E-state index contributed by atoms with van der Waals surface area (Å²) in [7, 11) is 0. The number of hydrogen-bond donors (Lipinski definition) is 2. The normalized spacial score (nSPS) is 21.8. The zero-order valence-corrected chi connectivity index (χ0v) is 12.2. The van der Waals surface area contributed by atoms with Crippen LogP contribution in [0.4, 0.5) is 5.69 Å². The Kier molecular flexibility index (Phi) is 5.14. The van der Waals surface area contributed by atoms with Gasteiger partial charge in [0.2, 0.25) is 0 Å². The first kappa shape index (κ1) is 15.7. The van der Waals surface area contributed by atoms with Crippen molar-refractivity contribution in [2.45, 2.75) is 31.7 Å². The summed E-state index contributed by atoms with van der Waals surface area (Å²) in [6, 6.07) is 3.84. The molecule has 7 heteroatoms. The first-order chi connectivity index (χ1) is 10.0. The number of aliphatic hydroxyl groups excluding tert-OH is 1. The van der Waals surface area contributed by atoms with E-state index < -0.39 is 4.92 Å². The van der Waals surface area contributed by atoms with Crippen molar-refractivity contribution in [2.24, 2.45) is 5.92 Å². The third-order valence-corrected chi connectivity index (χ3v) is 4.17. The number of rotatable bonds is 4. The fraction of sp³-hybridized carbons (Fsp3) is 0.500. The fourth-order valence-corrected chi connectivity index (χ4v) is 2.91. The number of nitrogens with zero attached hydrogens (tertiary/aromatic N) is 1. The monoisotopic (exact) mass is 312 g/mol. The molecule has 1 aliphatic carbocycles. The lowest BCUT2D eigenvalue weighted by molar-refractivity contribution is -0.384. The number of carbonyl (C=O) groups is 1. The van der Waals surface area contributed by atoms with E-state index in [2.05, 4.69) is 5.32 Å². The second-order valence-electron chi connectivity index (χ2n) is 5.23. The molecule has 0 radical (unpaired) electrons. The standard InChI is InChI=1S/C14H17ClN2O4/c15-11-7-9(5-6-13(11)17(20)21)14(19)16-12-4-2-1-3-10(12)8-18/h5-7,10,12,18H,1-4,8H2,(H,16,19)/t10-,12-/m1/s1. The van der Waals surface area contributed by atoms with Crippen molar-refractivity contribution < 1.29 is 14.8 Å². The maximum Gasteiger partial charge on any atom is 0.287 e. The molecule has 1 amide bonds. The maximum absolute atomic E-state index is 12.2. The zero-order valence-electron chi connectivity index (χ0n) is 11.4. The van der Waals surface area contributed by atoms with Crippen LogP contribution in [0, 0.1) is 16.0 Å². The molecule has 114 valence electrons. The molecule has 0 unspecified atom stereocenters. The van der Waals surface area contributed by atoms with Gasteiger partial charge in [-0.3, -0.25) is 14.9 Å². The lowest BCUT2D eigenvalue weighted by Crippen LogP contribution is -2.43. The van der Waals surface area contributed by atoms with Gasteiger partial charge in [-0.1, -0.05) is 24.4 Å². The van der Waals surface area contributed by atoms with Crippen LogP contribution in [0.25, 0.3) is 0 Å². The average molecular weight is 313 g/mol. The highest BCUT2D eigenvalue weighted by Crippen LogP contribution is 2.26. The van der Waals surface area contributed by atoms with E-state index in [0.29, 0.717) is 0 Å². The minimum Gasteiger partial charge on any atom is -0.396 e. The number of nitro groups is 1. The molecule has 0 bridgehead atoms. The number of halogens is 1. The van der Waals surface area contributed by atoms with Crippen LogP contribution in [0.2, 0.25) is 5.02 Å². The van der Waals surface area contributed by atoms with Crippen LogP contribution in [0.1, 0.15) is 36.0 Å². The third kappa shape index (κ3) is 3.71. The number of nitrogens with one attached hydrogen (secondary N) is 1. The molecule has 0 heterocycles. The van der Waals surface area contributed by atoms with Gasteiger partial charge in [0.05, 0.1) is 4.92 Å². The molecule has 0 aliphatic heterocycles. The van der Waals surface area contributed by atoms with Crippen LogP contribution in [0.15, 0.2) is 18.2 Å². The molecular formula is C14H17ClN2O4. The second-order valence-corrected chi connectivity index (χ2v) is 5.64. The lowest BCUT2D eigenvalue weighted by atomic mass is 9.85. The predicted octanol–water partition coefficient (Wildman–Crippen LogP) is 2.53. The Morgan fingerprint density at radius 1 is 1.43 bits per heavy atom. The Balaban J connectivity index is 2.09. The molecule has 1 aromatic rings. The molecule has 1 fully saturated rings. The molecule has 1 aromatic carbocycles. The Morgan fingerprint density at radius 3 is 2.76 bits per heavy atom. The zero-order chi connectivity index (χ0) is 15.4. The SMILES string of the molecule is O=C(N[C@@H]1CCCC[C@@H]1CO)c1ccc([N+](=O)[O-])c(Cl)c1. The topological polar surface area (TPSA) is 92.5 Å². The van der Waals surface area contributed by atoms with Crippen molar-refractivity contribution in [3.63, 3.8) is 0 Å². The number of carbonyl (C=O) groups excluding carboxylic acids is 1. The Hall–Kier alpha value is -1.66. The van der Waals surface area contributed by atoms with Gasteiger partial charge in [-0.15, -0.1) is 0 Å². The van der Waals surface area contributed by atoms with Crippen molar-refractivity contribution in [3.05, 3.63) is 38.9 Å². The highest BCUT2D eigenvalue weighted by molar-refractivity contribution is 6.33. The average Bonchev–Trinajstić information content (AvgIpc) is 2.47. The molecule has 0 aromatic heterocycles. The fourth-order valence-electron chi connectivity index (χ4n) is 2.66. The highest BCUT2D eigenvalue weighted by atomic mass is 35.5. The second kappa shape index (κ2) is 6.87. The minimum atomic E-state index is -0.590. The number of benzene rings is 1. The Morgan fingerprint density at radius 2 is 2.14 bits per heavy atom. The Bertz CT molecular complexity index is 550. The molecule has 2 rings (SSSR count). The Labute approximate surface area is 127 Å². The van der Waals surface area contributed by atoms with Gasteiger partial charge in [0.1, 0.15) is 5.02 Å². The van der Waals surface area contributed by atoms with Gasteiger partial charge < -0.3 is 10.4 Å². The molecule has 2 atom stereocenters. The van der Waals surface area contributed by atoms with E-state index >= 15 is 0 Å². The van der Waals surface area contributed by atoms with Gasteiger partial charge in [0, 0.05) is 30.2 Å².